The first-order valence-electron chi connectivity index (χ1n) is 4.49. The van der Waals surface area contributed by atoms with Gasteiger partial charge in [0.15, 0.2) is 0 Å². The zero-order valence-corrected chi connectivity index (χ0v) is 9.67. The second kappa shape index (κ2) is 4.65. The Balaban J connectivity index is 2.53. The van der Waals surface area contributed by atoms with Crippen molar-refractivity contribution in [2.24, 2.45) is 0 Å². The molecule has 0 radical (unpaired) electrons. The monoisotopic (exact) mass is 246 g/mol. The number of nitrogens with zero attached hydrogens (tertiary/aromatic N) is 2. The van der Waals surface area contributed by atoms with Gasteiger partial charge in [-0.05, 0) is 13.3 Å². The normalized spacial score (nSPS) is 16.8. The number of halogens is 1. The Morgan fingerprint density at radius 3 is 3.00 bits per heavy atom. The van der Waals surface area contributed by atoms with Gasteiger partial charge in [0.05, 0.1) is 6.54 Å². The molecule has 1 heterocycles. The maximum atomic E-state index is 11.7. The van der Waals surface area contributed by atoms with E-state index in [1.54, 1.807) is 4.90 Å². The highest BCUT2D eigenvalue weighted by molar-refractivity contribution is 9.11. The SMILES string of the molecule is CCN(C)C(=O)N1CCC=C(Br)C1. The molecule has 4 heteroatoms. The number of carbonyl (C=O) groups is 1. The number of hydrogen-bond acceptors (Lipinski definition) is 1. The average molecular weight is 247 g/mol. The molecule has 0 spiro atoms. The molecule has 74 valence electrons. The molecular weight excluding hydrogens is 232 g/mol. The predicted octanol–water partition coefficient (Wildman–Crippen LogP) is 2.04. The second-order valence-electron chi connectivity index (χ2n) is 3.16. The molecule has 0 bridgehead atoms. The fourth-order valence-corrected chi connectivity index (χ4v) is 1.77. The van der Waals surface area contributed by atoms with Crippen molar-refractivity contribution < 1.29 is 4.79 Å². The van der Waals surface area contributed by atoms with E-state index in [4.69, 9.17) is 0 Å². The third-order valence-corrected chi connectivity index (χ3v) is 2.75. The van der Waals surface area contributed by atoms with Crippen molar-refractivity contribution in [1.82, 2.24) is 9.80 Å². The molecule has 0 atom stereocenters. The minimum absolute atomic E-state index is 0.118. The van der Waals surface area contributed by atoms with Crippen LogP contribution in [0.15, 0.2) is 10.6 Å². The summed E-state index contributed by atoms with van der Waals surface area (Å²) in [5.74, 6) is 0. The van der Waals surface area contributed by atoms with Gasteiger partial charge >= 0.3 is 6.03 Å². The molecule has 0 saturated heterocycles. The van der Waals surface area contributed by atoms with Gasteiger partial charge in [-0.15, -0.1) is 0 Å². The standard InChI is InChI=1S/C9H15BrN2O/c1-3-11(2)9(13)12-6-4-5-8(10)7-12/h5H,3-4,6-7H2,1-2H3. The first-order valence-corrected chi connectivity index (χ1v) is 5.29. The molecule has 0 unspecified atom stereocenters. The predicted molar refractivity (Wildman–Crippen MR) is 56.9 cm³/mol. The van der Waals surface area contributed by atoms with Gasteiger partial charge < -0.3 is 9.80 Å². The molecule has 0 fully saturated rings. The Bertz CT molecular complexity index is 228. The van der Waals surface area contributed by atoms with Gasteiger partial charge in [0.1, 0.15) is 0 Å². The lowest BCUT2D eigenvalue weighted by Crippen LogP contribution is -2.43. The first-order chi connectivity index (χ1) is 6.15. The van der Waals surface area contributed by atoms with Gasteiger partial charge in [-0.25, -0.2) is 4.79 Å². The van der Waals surface area contributed by atoms with Crippen molar-refractivity contribution >= 4 is 22.0 Å². The van der Waals surface area contributed by atoms with Crippen molar-refractivity contribution in [3.63, 3.8) is 0 Å². The van der Waals surface area contributed by atoms with Crippen LogP contribution in [0.4, 0.5) is 4.79 Å². The summed E-state index contributed by atoms with van der Waals surface area (Å²) in [5.41, 5.74) is 0. The van der Waals surface area contributed by atoms with Crippen LogP contribution in [0, 0.1) is 0 Å². The molecule has 0 saturated carbocycles. The summed E-state index contributed by atoms with van der Waals surface area (Å²) in [4.78, 5) is 15.3. The lowest BCUT2D eigenvalue weighted by atomic mass is 10.2. The Morgan fingerprint density at radius 1 is 1.77 bits per heavy atom. The van der Waals surface area contributed by atoms with Crippen molar-refractivity contribution in [3.8, 4) is 0 Å². The van der Waals surface area contributed by atoms with Crippen LogP contribution in [0.5, 0.6) is 0 Å². The fraction of sp³-hybridized carbons (Fsp3) is 0.667. The molecule has 2 amide bonds. The molecule has 1 rings (SSSR count). The van der Waals surface area contributed by atoms with Crippen molar-refractivity contribution in [1.29, 1.82) is 0 Å². The van der Waals surface area contributed by atoms with Crippen LogP contribution in [0.1, 0.15) is 13.3 Å². The zero-order valence-electron chi connectivity index (χ0n) is 8.09. The maximum absolute atomic E-state index is 11.7. The molecule has 1 aliphatic rings. The topological polar surface area (TPSA) is 23.6 Å². The Labute approximate surface area is 87.5 Å². The van der Waals surface area contributed by atoms with E-state index in [9.17, 15) is 4.79 Å². The smallest absolute Gasteiger partial charge is 0.320 e. The largest absolute Gasteiger partial charge is 0.328 e. The fourth-order valence-electron chi connectivity index (χ4n) is 1.24. The summed E-state index contributed by atoms with van der Waals surface area (Å²) in [5, 5.41) is 0. The molecule has 13 heavy (non-hydrogen) atoms. The van der Waals surface area contributed by atoms with Crippen molar-refractivity contribution in [3.05, 3.63) is 10.6 Å². The molecule has 0 N–H and O–H groups in total. The zero-order chi connectivity index (χ0) is 9.84. The number of amides is 2. The third kappa shape index (κ3) is 2.72. The lowest BCUT2D eigenvalue weighted by molar-refractivity contribution is 0.169. The Morgan fingerprint density at radius 2 is 2.46 bits per heavy atom. The van der Waals surface area contributed by atoms with E-state index >= 15 is 0 Å². The molecule has 1 aliphatic heterocycles. The van der Waals surface area contributed by atoms with Gasteiger partial charge in [0.2, 0.25) is 0 Å². The highest BCUT2D eigenvalue weighted by atomic mass is 79.9. The molecule has 0 aromatic carbocycles. The molecule has 0 aliphatic carbocycles. The van der Waals surface area contributed by atoms with E-state index in [1.807, 2.05) is 18.9 Å². The van der Waals surface area contributed by atoms with E-state index in [2.05, 4.69) is 22.0 Å². The highest BCUT2D eigenvalue weighted by Crippen LogP contribution is 2.15. The summed E-state index contributed by atoms with van der Waals surface area (Å²) in [6.07, 6.45) is 3.07. The first kappa shape index (κ1) is 10.6. The van der Waals surface area contributed by atoms with Gasteiger partial charge in [-0.3, -0.25) is 0 Å². The van der Waals surface area contributed by atoms with Gasteiger partial charge in [0.25, 0.3) is 0 Å². The second-order valence-corrected chi connectivity index (χ2v) is 4.18. The van der Waals surface area contributed by atoms with Crippen LogP contribution in [0.25, 0.3) is 0 Å². The quantitative estimate of drug-likeness (QED) is 0.695. The summed E-state index contributed by atoms with van der Waals surface area (Å²) in [6.45, 7) is 4.28. The third-order valence-electron chi connectivity index (χ3n) is 2.18. The van der Waals surface area contributed by atoms with Crippen LogP contribution in [-0.4, -0.2) is 42.5 Å². The lowest BCUT2D eigenvalue weighted by Gasteiger charge is -2.29. The van der Waals surface area contributed by atoms with Gasteiger partial charge in [0, 0.05) is 24.6 Å². The van der Waals surface area contributed by atoms with E-state index in [0.29, 0.717) is 6.54 Å². The number of hydrogen-bond donors (Lipinski definition) is 0. The summed E-state index contributed by atoms with van der Waals surface area (Å²) >= 11 is 3.42. The number of urea groups is 1. The summed E-state index contributed by atoms with van der Waals surface area (Å²) in [6, 6.07) is 0.118. The van der Waals surface area contributed by atoms with Gasteiger partial charge in [-0.2, -0.15) is 0 Å². The molecule has 0 aromatic rings. The van der Waals surface area contributed by atoms with Crippen LogP contribution in [-0.2, 0) is 0 Å². The Hall–Kier alpha value is -0.510. The van der Waals surface area contributed by atoms with E-state index in [1.165, 1.54) is 0 Å². The number of carbonyl (C=O) groups excluding carboxylic acids is 1. The molecule has 3 nitrogen and oxygen atoms in total. The minimum Gasteiger partial charge on any atom is -0.328 e. The summed E-state index contributed by atoms with van der Waals surface area (Å²) < 4.78 is 1.11. The van der Waals surface area contributed by atoms with Crippen LogP contribution in [0.3, 0.4) is 0 Å². The minimum atomic E-state index is 0.118. The van der Waals surface area contributed by atoms with E-state index in [-0.39, 0.29) is 6.03 Å². The van der Waals surface area contributed by atoms with Crippen molar-refractivity contribution in [2.45, 2.75) is 13.3 Å². The summed E-state index contributed by atoms with van der Waals surface area (Å²) in [7, 11) is 1.83. The maximum Gasteiger partial charge on any atom is 0.320 e. The molecule has 0 aromatic heterocycles. The van der Waals surface area contributed by atoms with Crippen LogP contribution < -0.4 is 0 Å². The van der Waals surface area contributed by atoms with Crippen molar-refractivity contribution in [2.75, 3.05) is 26.7 Å². The van der Waals surface area contributed by atoms with Crippen LogP contribution in [0.2, 0.25) is 0 Å². The van der Waals surface area contributed by atoms with Crippen LogP contribution >= 0.6 is 15.9 Å². The Kier molecular flexibility index (Phi) is 3.78. The van der Waals surface area contributed by atoms with E-state index < -0.39 is 0 Å². The average Bonchev–Trinajstić information content (AvgIpc) is 2.15. The van der Waals surface area contributed by atoms with E-state index in [0.717, 1.165) is 24.0 Å². The van der Waals surface area contributed by atoms with Gasteiger partial charge in [-0.1, -0.05) is 22.0 Å². The number of rotatable bonds is 1. The highest BCUT2D eigenvalue weighted by Gasteiger charge is 2.19. The molecular formula is C9H15BrN2O.